The Labute approximate surface area is 138 Å². The third kappa shape index (κ3) is 4.22. The molecular weight excluding hydrogens is 298 g/mol. The lowest BCUT2D eigenvalue weighted by Gasteiger charge is -2.44. The van der Waals surface area contributed by atoms with Gasteiger partial charge in [-0.1, -0.05) is 17.7 Å². The third-order valence-electron chi connectivity index (χ3n) is 4.27. The zero-order valence-electron chi connectivity index (χ0n) is 13.9. The number of likely N-dealkylation sites (N-methyl/N-ethyl adjacent to an activating group) is 1. The van der Waals surface area contributed by atoms with Crippen molar-refractivity contribution in [2.24, 2.45) is 0 Å². The minimum absolute atomic E-state index is 0.0773. The Hall–Kier alpha value is -1.10. The number of hydrogen-bond donors (Lipinski definition) is 0. The Balaban J connectivity index is 2.02. The second kappa shape index (κ2) is 7.44. The molecule has 22 heavy (non-hydrogen) atoms. The van der Waals surface area contributed by atoms with Gasteiger partial charge in [0.25, 0.3) is 5.91 Å². The number of halogens is 1. The molecule has 1 saturated heterocycles. The van der Waals surface area contributed by atoms with E-state index in [4.69, 9.17) is 11.6 Å². The zero-order valence-corrected chi connectivity index (χ0v) is 14.7. The first-order valence-corrected chi connectivity index (χ1v) is 8.21. The van der Waals surface area contributed by atoms with Gasteiger partial charge in [0, 0.05) is 48.8 Å². The molecule has 2 rings (SSSR count). The zero-order chi connectivity index (χ0) is 16.3. The molecule has 0 N–H and O–H groups in total. The third-order valence-corrected chi connectivity index (χ3v) is 4.50. The van der Waals surface area contributed by atoms with Gasteiger partial charge in [0.05, 0.1) is 0 Å². The summed E-state index contributed by atoms with van der Waals surface area (Å²) in [5, 5.41) is 0.608. The number of nitrogens with zero attached hydrogens (tertiary/aromatic N) is 3. The van der Waals surface area contributed by atoms with E-state index in [-0.39, 0.29) is 5.91 Å². The monoisotopic (exact) mass is 323 g/mol. The fraction of sp³-hybridized carbons (Fsp3) is 0.588. The van der Waals surface area contributed by atoms with Crippen LogP contribution in [-0.4, -0.2) is 73.0 Å². The highest BCUT2D eigenvalue weighted by atomic mass is 35.5. The van der Waals surface area contributed by atoms with Gasteiger partial charge in [0.2, 0.25) is 0 Å². The molecule has 0 bridgehead atoms. The molecule has 1 amide bonds. The van der Waals surface area contributed by atoms with Gasteiger partial charge in [0.1, 0.15) is 0 Å². The maximum Gasteiger partial charge on any atom is 0.254 e. The molecule has 2 unspecified atom stereocenters. The van der Waals surface area contributed by atoms with Gasteiger partial charge < -0.3 is 9.80 Å². The topological polar surface area (TPSA) is 26.8 Å². The number of amides is 1. The average molecular weight is 324 g/mol. The van der Waals surface area contributed by atoms with Crippen LogP contribution in [0.25, 0.3) is 0 Å². The molecule has 1 aromatic carbocycles. The predicted octanol–water partition coefficient (Wildman–Crippen LogP) is 2.44. The van der Waals surface area contributed by atoms with Crippen molar-refractivity contribution >= 4 is 17.5 Å². The highest BCUT2D eigenvalue weighted by molar-refractivity contribution is 6.30. The minimum atomic E-state index is 0.0773. The second-order valence-electron chi connectivity index (χ2n) is 6.46. The van der Waals surface area contributed by atoms with Gasteiger partial charge in [-0.15, -0.1) is 0 Å². The Morgan fingerprint density at radius 2 is 1.91 bits per heavy atom. The quantitative estimate of drug-likeness (QED) is 0.851. The maximum absolute atomic E-state index is 12.7. The molecule has 1 heterocycles. The lowest BCUT2D eigenvalue weighted by molar-refractivity contribution is 0.0283. The molecule has 4 nitrogen and oxygen atoms in total. The summed E-state index contributed by atoms with van der Waals surface area (Å²) in [6.07, 6.45) is 0. The van der Waals surface area contributed by atoms with Gasteiger partial charge in [-0.25, -0.2) is 0 Å². The standard InChI is InChI=1S/C17H26ClN3O/c1-13-11-20(12-14(2)21(13)9-8-19(3)4)17(22)15-6-5-7-16(18)10-15/h5-7,10,13-14H,8-9,11-12H2,1-4H3. The first kappa shape index (κ1) is 17.3. The summed E-state index contributed by atoms with van der Waals surface area (Å²) in [4.78, 5) is 19.3. The summed E-state index contributed by atoms with van der Waals surface area (Å²) in [6.45, 7) is 8.00. The van der Waals surface area contributed by atoms with Crippen molar-refractivity contribution in [2.45, 2.75) is 25.9 Å². The number of hydrogen-bond acceptors (Lipinski definition) is 3. The minimum Gasteiger partial charge on any atom is -0.336 e. The molecule has 1 aliphatic heterocycles. The molecule has 0 aliphatic carbocycles. The summed E-state index contributed by atoms with van der Waals surface area (Å²) in [6, 6.07) is 7.94. The van der Waals surface area contributed by atoms with Gasteiger partial charge in [-0.3, -0.25) is 9.69 Å². The van der Waals surface area contributed by atoms with Crippen molar-refractivity contribution in [3.8, 4) is 0 Å². The fourth-order valence-corrected chi connectivity index (χ4v) is 3.27. The Morgan fingerprint density at radius 1 is 1.27 bits per heavy atom. The van der Waals surface area contributed by atoms with Crippen LogP contribution in [-0.2, 0) is 0 Å². The van der Waals surface area contributed by atoms with E-state index < -0.39 is 0 Å². The van der Waals surface area contributed by atoms with Crippen molar-refractivity contribution in [3.63, 3.8) is 0 Å². The van der Waals surface area contributed by atoms with E-state index in [1.165, 1.54) is 0 Å². The van der Waals surface area contributed by atoms with Crippen molar-refractivity contribution in [2.75, 3.05) is 40.3 Å². The van der Waals surface area contributed by atoms with Crippen LogP contribution in [0.1, 0.15) is 24.2 Å². The van der Waals surface area contributed by atoms with E-state index >= 15 is 0 Å². The molecule has 1 aliphatic rings. The molecule has 0 aromatic heterocycles. The van der Waals surface area contributed by atoms with E-state index in [0.717, 1.165) is 26.2 Å². The van der Waals surface area contributed by atoms with Crippen LogP contribution in [0, 0.1) is 0 Å². The average Bonchev–Trinajstić information content (AvgIpc) is 2.45. The number of carbonyl (C=O) groups excluding carboxylic acids is 1. The van der Waals surface area contributed by atoms with Crippen LogP contribution in [0.3, 0.4) is 0 Å². The van der Waals surface area contributed by atoms with Crippen molar-refractivity contribution < 1.29 is 4.79 Å². The fourth-order valence-electron chi connectivity index (χ4n) is 3.08. The van der Waals surface area contributed by atoms with Gasteiger partial charge in [-0.05, 0) is 46.1 Å². The molecule has 0 saturated carbocycles. The summed E-state index contributed by atoms with van der Waals surface area (Å²) >= 11 is 6.00. The van der Waals surface area contributed by atoms with Crippen molar-refractivity contribution in [3.05, 3.63) is 34.9 Å². The smallest absolute Gasteiger partial charge is 0.254 e. The largest absolute Gasteiger partial charge is 0.336 e. The number of rotatable bonds is 4. The molecule has 5 heteroatoms. The molecule has 1 fully saturated rings. The number of benzene rings is 1. The summed E-state index contributed by atoms with van der Waals surface area (Å²) in [5.74, 6) is 0.0773. The Kier molecular flexibility index (Phi) is 5.84. The van der Waals surface area contributed by atoms with Crippen molar-refractivity contribution in [1.29, 1.82) is 0 Å². The first-order chi connectivity index (χ1) is 10.4. The van der Waals surface area contributed by atoms with E-state index in [0.29, 0.717) is 22.7 Å². The summed E-state index contributed by atoms with van der Waals surface area (Å²) in [7, 11) is 4.18. The van der Waals surface area contributed by atoms with Gasteiger partial charge >= 0.3 is 0 Å². The lowest BCUT2D eigenvalue weighted by Crippen LogP contribution is -2.59. The molecule has 0 spiro atoms. The van der Waals surface area contributed by atoms with Gasteiger partial charge in [0.15, 0.2) is 0 Å². The maximum atomic E-state index is 12.7. The predicted molar refractivity (Wildman–Crippen MR) is 91.5 cm³/mol. The molecule has 122 valence electrons. The number of carbonyl (C=O) groups is 1. The Bertz CT molecular complexity index is 508. The van der Waals surface area contributed by atoms with Crippen LogP contribution in [0.5, 0.6) is 0 Å². The summed E-state index contributed by atoms with van der Waals surface area (Å²) < 4.78 is 0. The molecular formula is C17H26ClN3O. The first-order valence-electron chi connectivity index (χ1n) is 7.84. The van der Waals surface area contributed by atoms with Crippen molar-refractivity contribution in [1.82, 2.24) is 14.7 Å². The van der Waals surface area contributed by atoms with Crippen LogP contribution >= 0.6 is 11.6 Å². The van der Waals surface area contributed by atoms with E-state index in [1.807, 2.05) is 17.0 Å². The highest BCUT2D eigenvalue weighted by Crippen LogP contribution is 2.19. The number of piperazine rings is 1. The van der Waals surface area contributed by atoms with Crippen LogP contribution in [0.15, 0.2) is 24.3 Å². The van der Waals surface area contributed by atoms with Crippen LogP contribution in [0.4, 0.5) is 0 Å². The van der Waals surface area contributed by atoms with Gasteiger partial charge in [-0.2, -0.15) is 0 Å². The highest BCUT2D eigenvalue weighted by Gasteiger charge is 2.31. The molecule has 2 atom stereocenters. The van der Waals surface area contributed by atoms with E-state index in [2.05, 4.69) is 37.7 Å². The van der Waals surface area contributed by atoms with E-state index in [9.17, 15) is 4.79 Å². The lowest BCUT2D eigenvalue weighted by atomic mass is 10.1. The Morgan fingerprint density at radius 3 is 2.45 bits per heavy atom. The molecule has 1 aromatic rings. The SMILES string of the molecule is CC1CN(C(=O)c2cccc(Cl)c2)CC(C)N1CCN(C)C. The van der Waals surface area contributed by atoms with Crippen LogP contribution in [0.2, 0.25) is 5.02 Å². The second-order valence-corrected chi connectivity index (χ2v) is 6.90. The summed E-state index contributed by atoms with van der Waals surface area (Å²) in [5.41, 5.74) is 0.675. The molecule has 0 radical (unpaired) electrons. The normalized spacial score (nSPS) is 23.1. The van der Waals surface area contributed by atoms with E-state index in [1.54, 1.807) is 12.1 Å². The van der Waals surface area contributed by atoms with Crippen LogP contribution < -0.4 is 0 Å².